The highest BCUT2D eigenvalue weighted by Crippen LogP contribution is 2.45. The van der Waals surface area contributed by atoms with Gasteiger partial charge in [-0.3, -0.25) is 4.79 Å². The maximum Gasteiger partial charge on any atom is 0.245 e. The third-order valence-corrected chi connectivity index (χ3v) is 12.4. The highest BCUT2D eigenvalue weighted by atomic mass is 32.2. The van der Waals surface area contributed by atoms with Crippen LogP contribution in [-0.4, -0.2) is 65.0 Å². The molecule has 2 aliphatic heterocycles. The van der Waals surface area contributed by atoms with Crippen molar-refractivity contribution in [1.29, 1.82) is 0 Å². The van der Waals surface area contributed by atoms with Crippen LogP contribution in [0.2, 0.25) is 0 Å². The van der Waals surface area contributed by atoms with Gasteiger partial charge in [-0.05, 0) is 48.9 Å². The molecule has 1 N–H and O–H groups in total. The Kier molecular flexibility index (Phi) is 9.31. The Labute approximate surface area is 229 Å². The van der Waals surface area contributed by atoms with E-state index in [4.69, 9.17) is 9.57 Å². The second-order valence-corrected chi connectivity index (χ2v) is 15.4. The van der Waals surface area contributed by atoms with E-state index in [1.54, 1.807) is 6.07 Å². The predicted octanol–water partition coefficient (Wildman–Crippen LogP) is 3.61. The topological polar surface area (TPSA) is 119 Å². The predicted molar refractivity (Wildman–Crippen MR) is 148 cm³/mol. The number of nitrogens with zero attached hydrogens (tertiary/aromatic N) is 1. The van der Waals surface area contributed by atoms with Crippen molar-refractivity contribution in [2.24, 2.45) is 0 Å². The molecule has 3 heterocycles. The molecule has 38 heavy (non-hydrogen) atoms. The van der Waals surface area contributed by atoms with Crippen molar-refractivity contribution in [1.82, 2.24) is 9.79 Å². The molecular formula is C26H36N2O7S3. The Morgan fingerprint density at radius 1 is 1.18 bits per heavy atom. The number of carbonyl (C=O) groups excluding carboxylic acids is 1. The number of sulfone groups is 1. The van der Waals surface area contributed by atoms with Gasteiger partial charge < -0.3 is 4.74 Å². The summed E-state index contributed by atoms with van der Waals surface area (Å²) in [5.41, 5.74) is 4.59. The molecular weight excluding hydrogens is 548 g/mol. The van der Waals surface area contributed by atoms with E-state index in [9.17, 15) is 21.6 Å². The molecule has 2 fully saturated rings. The van der Waals surface area contributed by atoms with Crippen LogP contribution in [0.15, 0.2) is 36.4 Å². The number of hydrogen-bond acceptors (Lipinski definition) is 8. The van der Waals surface area contributed by atoms with Gasteiger partial charge in [-0.2, -0.15) is 0 Å². The highest BCUT2D eigenvalue weighted by Gasteiger charge is 2.50. The van der Waals surface area contributed by atoms with Crippen molar-refractivity contribution in [2.75, 3.05) is 31.7 Å². The van der Waals surface area contributed by atoms with Gasteiger partial charge in [0, 0.05) is 35.9 Å². The number of rotatable bonds is 9. The largest absolute Gasteiger partial charge is 0.350 e. The number of ether oxygens (including phenoxy) is 1. The van der Waals surface area contributed by atoms with Gasteiger partial charge in [-0.25, -0.2) is 31.5 Å². The van der Waals surface area contributed by atoms with Gasteiger partial charge in [0.05, 0.1) is 18.4 Å². The fourth-order valence-electron chi connectivity index (χ4n) is 4.98. The lowest BCUT2D eigenvalue weighted by molar-refractivity contribution is -0.200. The normalized spacial score (nSPS) is 24.5. The maximum atomic E-state index is 13.8. The molecule has 1 unspecified atom stereocenters. The Bertz CT molecular complexity index is 1320. The van der Waals surface area contributed by atoms with E-state index in [0.717, 1.165) is 42.4 Å². The molecule has 1 amide bonds. The minimum Gasteiger partial charge on any atom is -0.350 e. The van der Waals surface area contributed by atoms with Crippen molar-refractivity contribution < 1.29 is 31.2 Å². The molecule has 2 atom stereocenters. The van der Waals surface area contributed by atoms with E-state index in [0.29, 0.717) is 17.9 Å². The molecule has 1 aromatic heterocycles. The fourth-order valence-corrected chi connectivity index (χ4v) is 9.55. The molecule has 1 aromatic carbocycles. The number of nitrogens with one attached hydrogen (secondary N) is 1. The van der Waals surface area contributed by atoms with Crippen LogP contribution in [-0.2, 0) is 45.4 Å². The second kappa shape index (κ2) is 12.1. The Morgan fingerprint density at radius 2 is 1.95 bits per heavy atom. The van der Waals surface area contributed by atoms with E-state index in [1.807, 2.05) is 18.2 Å². The van der Waals surface area contributed by atoms with Gasteiger partial charge in [0.1, 0.15) is 4.75 Å². The van der Waals surface area contributed by atoms with Crippen LogP contribution in [0.4, 0.5) is 0 Å². The van der Waals surface area contributed by atoms with Gasteiger partial charge >= 0.3 is 0 Å². The zero-order valence-electron chi connectivity index (χ0n) is 21.8. The summed E-state index contributed by atoms with van der Waals surface area (Å²) in [6, 6.07) is 11.8. The number of amides is 1. The van der Waals surface area contributed by atoms with E-state index in [-0.39, 0.29) is 31.7 Å². The first-order valence-electron chi connectivity index (χ1n) is 13.0. The summed E-state index contributed by atoms with van der Waals surface area (Å²) in [6.07, 6.45) is 4.59. The van der Waals surface area contributed by atoms with Crippen molar-refractivity contribution in [3.05, 3.63) is 46.8 Å². The van der Waals surface area contributed by atoms with Crippen LogP contribution < -0.4 is 5.48 Å². The van der Waals surface area contributed by atoms with E-state index >= 15 is 0 Å². The fraction of sp³-hybridized carbons (Fsp3) is 0.577. The van der Waals surface area contributed by atoms with Crippen LogP contribution in [0.3, 0.4) is 0 Å². The molecule has 9 nitrogen and oxygen atoms in total. The van der Waals surface area contributed by atoms with Crippen LogP contribution in [0.1, 0.15) is 55.9 Å². The quantitative estimate of drug-likeness (QED) is 0.447. The third-order valence-electron chi connectivity index (χ3n) is 7.16. The summed E-state index contributed by atoms with van der Waals surface area (Å²) >= 11 is 1.33. The first kappa shape index (κ1) is 29.2. The molecule has 4 rings (SSSR count). The van der Waals surface area contributed by atoms with Crippen molar-refractivity contribution in [3.8, 4) is 10.4 Å². The first-order valence-corrected chi connectivity index (χ1v) is 17.3. The Balaban J connectivity index is 1.65. The van der Waals surface area contributed by atoms with E-state index < -0.39 is 36.8 Å². The third kappa shape index (κ3) is 6.65. The zero-order valence-corrected chi connectivity index (χ0v) is 24.3. The second-order valence-electron chi connectivity index (χ2n) is 9.95. The maximum absolute atomic E-state index is 13.8. The monoisotopic (exact) mass is 584 g/mol. The number of carbonyl (C=O) groups is 1. The van der Waals surface area contributed by atoms with Gasteiger partial charge in [0.15, 0.2) is 16.1 Å². The Morgan fingerprint density at radius 3 is 2.61 bits per heavy atom. The van der Waals surface area contributed by atoms with Gasteiger partial charge in [-0.15, -0.1) is 11.3 Å². The van der Waals surface area contributed by atoms with E-state index in [2.05, 4.69) is 24.5 Å². The number of thiophene rings is 1. The number of sulfonamides is 1. The van der Waals surface area contributed by atoms with Gasteiger partial charge in [-0.1, -0.05) is 37.6 Å². The summed E-state index contributed by atoms with van der Waals surface area (Å²) in [4.78, 5) is 19.9. The summed E-state index contributed by atoms with van der Waals surface area (Å²) < 4.78 is 57.3. The standard InChI is InChI=1S/C26H36N2O7S3/c1-3-6-20-8-10-21(11-9-20)22-12-13-23(36-22)26(19-24(29)27-35-25-7-4-5-17-34-25)14-15-28(37(2,30)31)16-18-38(26,32)33/h8-13,25H,3-7,14-19H2,1-2H3,(H,27,29)/t25?,26-/m0/s1. The molecule has 12 heteroatoms. The molecule has 0 bridgehead atoms. The highest BCUT2D eigenvalue weighted by molar-refractivity contribution is 7.92. The van der Waals surface area contributed by atoms with Crippen molar-refractivity contribution >= 4 is 37.1 Å². The average Bonchev–Trinajstić information content (AvgIpc) is 3.33. The average molecular weight is 585 g/mol. The Hall–Kier alpha value is -1.83. The zero-order chi connectivity index (χ0) is 27.4. The smallest absolute Gasteiger partial charge is 0.245 e. The lowest BCUT2D eigenvalue weighted by Crippen LogP contribution is -2.43. The summed E-state index contributed by atoms with van der Waals surface area (Å²) in [5.74, 6) is -0.965. The van der Waals surface area contributed by atoms with E-state index in [1.165, 1.54) is 21.2 Å². The number of hydrogen-bond donors (Lipinski definition) is 1. The van der Waals surface area contributed by atoms with Crippen molar-refractivity contribution in [2.45, 2.75) is 62.9 Å². The number of benzene rings is 1. The molecule has 0 saturated carbocycles. The van der Waals surface area contributed by atoms with Crippen LogP contribution >= 0.6 is 11.3 Å². The number of aryl methyl sites for hydroxylation is 1. The molecule has 2 aliphatic rings. The molecule has 0 radical (unpaired) electrons. The van der Waals surface area contributed by atoms with Gasteiger partial charge in [0.25, 0.3) is 0 Å². The lowest BCUT2D eigenvalue weighted by atomic mass is 9.97. The van der Waals surface area contributed by atoms with Gasteiger partial charge in [0.2, 0.25) is 15.9 Å². The molecule has 0 aliphatic carbocycles. The molecule has 2 aromatic rings. The molecule has 0 spiro atoms. The van der Waals surface area contributed by atoms with Crippen molar-refractivity contribution in [3.63, 3.8) is 0 Å². The first-order chi connectivity index (χ1) is 18.0. The minimum atomic E-state index is -3.93. The molecule has 2 saturated heterocycles. The van der Waals surface area contributed by atoms with Crippen LogP contribution in [0, 0.1) is 0 Å². The molecule has 210 valence electrons. The SMILES string of the molecule is CCCc1ccc(-c2ccc([C@@]3(CC(=O)NOC4CCCCO4)CCN(S(C)(=O)=O)CCS3(=O)=O)s2)cc1. The summed E-state index contributed by atoms with van der Waals surface area (Å²) in [6.45, 7) is 2.52. The van der Waals surface area contributed by atoms with Crippen LogP contribution in [0.5, 0.6) is 0 Å². The summed E-state index contributed by atoms with van der Waals surface area (Å²) in [7, 11) is -7.53. The lowest BCUT2D eigenvalue weighted by Gasteiger charge is -2.31. The number of hydroxylamine groups is 1. The minimum absolute atomic E-state index is 0.00309. The summed E-state index contributed by atoms with van der Waals surface area (Å²) in [5, 5.41) is 0. The van der Waals surface area contributed by atoms with Crippen LogP contribution in [0.25, 0.3) is 10.4 Å².